The minimum Gasteiger partial charge on any atom is -0.369 e. The SMILES string of the molecule is CCCCCCCC/C=C\CCCCCCC(C(N)=O)C(CC)N(C)C. The van der Waals surface area contributed by atoms with Crippen molar-refractivity contribution in [2.45, 2.75) is 110 Å². The van der Waals surface area contributed by atoms with Crippen molar-refractivity contribution in [3.05, 3.63) is 12.2 Å². The zero-order valence-corrected chi connectivity index (χ0v) is 18.1. The standard InChI is InChI=1S/C23H46N2O/c1-5-7-8-9-10-11-12-13-14-15-16-17-18-19-20-21(23(24)26)22(6-2)25(3)4/h13-14,21-22H,5-12,15-20H2,1-4H3,(H2,24,26)/b14-13-. The van der Waals surface area contributed by atoms with Crippen molar-refractivity contribution < 1.29 is 4.79 Å². The quantitative estimate of drug-likeness (QED) is 0.236. The lowest BCUT2D eigenvalue weighted by molar-refractivity contribution is -0.124. The van der Waals surface area contributed by atoms with Crippen LogP contribution < -0.4 is 5.73 Å². The number of hydrogen-bond donors (Lipinski definition) is 1. The summed E-state index contributed by atoms with van der Waals surface area (Å²) in [5, 5.41) is 0. The van der Waals surface area contributed by atoms with Gasteiger partial charge in [0, 0.05) is 6.04 Å². The largest absolute Gasteiger partial charge is 0.369 e. The molecule has 0 heterocycles. The van der Waals surface area contributed by atoms with Crippen LogP contribution >= 0.6 is 0 Å². The van der Waals surface area contributed by atoms with E-state index in [1.54, 1.807) is 0 Å². The molecule has 2 atom stereocenters. The maximum atomic E-state index is 11.8. The van der Waals surface area contributed by atoms with Gasteiger partial charge in [0.05, 0.1) is 5.92 Å². The third-order valence-electron chi connectivity index (χ3n) is 5.44. The van der Waals surface area contributed by atoms with Crippen LogP contribution in [0.5, 0.6) is 0 Å². The Balaban J connectivity index is 3.64. The van der Waals surface area contributed by atoms with Crippen molar-refractivity contribution in [1.29, 1.82) is 0 Å². The molecule has 0 spiro atoms. The van der Waals surface area contributed by atoms with E-state index in [4.69, 9.17) is 5.73 Å². The van der Waals surface area contributed by atoms with E-state index in [1.165, 1.54) is 70.6 Å². The molecule has 2 unspecified atom stereocenters. The van der Waals surface area contributed by atoms with Crippen LogP contribution in [0.15, 0.2) is 12.2 Å². The Morgan fingerprint density at radius 2 is 1.35 bits per heavy atom. The van der Waals surface area contributed by atoms with E-state index in [1.807, 2.05) is 14.1 Å². The molecule has 0 aliphatic carbocycles. The van der Waals surface area contributed by atoms with Crippen molar-refractivity contribution in [3.8, 4) is 0 Å². The summed E-state index contributed by atoms with van der Waals surface area (Å²) in [6.45, 7) is 4.41. The van der Waals surface area contributed by atoms with Crippen LogP contribution in [0.4, 0.5) is 0 Å². The van der Waals surface area contributed by atoms with E-state index >= 15 is 0 Å². The first-order valence-electron chi connectivity index (χ1n) is 11.1. The van der Waals surface area contributed by atoms with Crippen molar-refractivity contribution in [1.82, 2.24) is 4.90 Å². The molecule has 0 saturated heterocycles. The molecule has 2 N–H and O–H groups in total. The Labute approximate surface area is 163 Å². The second-order valence-electron chi connectivity index (χ2n) is 7.97. The highest BCUT2D eigenvalue weighted by Crippen LogP contribution is 2.20. The number of carbonyl (C=O) groups excluding carboxylic acids is 1. The zero-order chi connectivity index (χ0) is 19.6. The lowest BCUT2D eigenvalue weighted by atomic mass is 9.90. The number of hydrogen-bond acceptors (Lipinski definition) is 2. The first-order valence-corrected chi connectivity index (χ1v) is 11.1. The van der Waals surface area contributed by atoms with Crippen LogP contribution in [-0.2, 0) is 4.79 Å². The Bertz CT molecular complexity index is 352. The van der Waals surface area contributed by atoms with Crippen LogP contribution in [0, 0.1) is 5.92 Å². The van der Waals surface area contributed by atoms with Gasteiger partial charge in [-0.2, -0.15) is 0 Å². The predicted octanol–water partition coefficient (Wildman–Crippen LogP) is 6.08. The third-order valence-corrected chi connectivity index (χ3v) is 5.44. The molecule has 0 aromatic carbocycles. The van der Waals surface area contributed by atoms with Gasteiger partial charge in [0.2, 0.25) is 5.91 Å². The van der Waals surface area contributed by atoms with Crippen molar-refractivity contribution in [2.75, 3.05) is 14.1 Å². The predicted molar refractivity (Wildman–Crippen MR) is 115 cm³/mol. The number of rotatable bonds is 18. The van der Waals surface area contributed by atoms with Gasteiger partial charge < -0.3 is 10.6 Å². The number of amides is 1. The summed E-state index contributed by atoms with van der Waals surface area (Å²) >= 11 is 0. The number of carbonyl (C=O) groups is 1. The van der Waals surface area contributed by atoms with Crippen LogP contribution in [-0.4, -0.2) is 30.9 Å². The van der Waals surface area contributed by atoms with Gasteiger partial charge in [-0.1, -0.05) is 77.4 Å². The first kappa shape index (κ1) is 25.2. The smallest absolute Gasteiger partial charge is 0.222 e. The Hall–Kier alpha value is -0.830. The van der Waals surface area contributed by atoms with Gasteiger partial charge in [0.1, 0.15) is 0 Å². The summed E-state index contributed by atoms with van der Waals surface area (Å²) in [4.78, 5) is 13.9. The molecule has 0 aromatic rings. The number of nitrogens with zero attached hydrogens (tertiary/aromatic N) is 1. The first-order chi connectivity index (χ1) is 12.5. The van der Waals surface area contributed by atoms with Crippen molar-refractivity contribution in [3.63, 3.8) is 0 Å². The van der Waals surface area contributed by atoms with E-state index in [0.717, 1.165) is 19.3 Å². The molecule has 1 amide bonds. The molecule has 0 bridgehead atoms. The normalized spacial score (nSPS) is 14.2. The van der Waals surface area contributed by atoms with E-state index in [-0.39, 0.29) is 17.9 Å². The molecule has 0 aliphatic heterocycles. The van der Waals surface area contributed by atoms with E-state index in [9.17, 15) is 4.79 Å². The Morgan fingerprint density at radius 3 is 1.81 bits per heavy atom. The number of nitrogens with two attached hydrogens (primary N) is 1. The second-order valence-corrected chi connectivity index (χ2v) is 7.97. The summed E-state index contributed by atoms with van der Waals surface area (Å²) in [5.74, 6) is -0.143. The molecule has 0 radical (unpaired) electrons. The van der Waals surface area contributed by atoms with Gasteiger partial charge in [-0.15, -0.1) is 0 Å². The highest BCUT2D eigenvalue weighted by atomic mass is 16.1. The van der Waals surface area contributed by atoms with Gasteiger partial charge >= 0.3 is 0 Å². The van der Waals surface area contributed by atoms with E-state index in [0.29, 0.717) is 0 Å². The average molecular weight is 367 g/mol. The molecular weight excluding hydrogens is 320 g/mol. The van der Waals surface area contributed by atoms with E-state index in [2.05, 4.69) is 30.9 Å². The van der Waals surface area contributed by atoms with Crippen LogP contribution in [0.2, 0.25) is 0 Å². The lowest BCUT2D eigenvalue weighted by Crippen LogP contribution is -2.41. The van der Waals surface area contributed by atoms with Gasteiger partial charge in [-0.3, -0.25) is 4.79 Å². The zero-order valence-electron chi connectivity index (χ0n) is 18.1. The highest BCUT2D eigenvalue weighted by Gasteiger charge is 2.26. The van der Waals surface area contributed by atoms with Crippen molar-refractivity contribution in [2.24, 2.45) is 11.7 Å². The lowest BCUT2D eigenvalue weighted by Gasteiger charge is -2.29. The molecule has 3 heteroatoms. The number of primary amides is 1. The molecule has 154 valence electrons. The molecular formula is C23H46N2O. The Morgan fingerprint density at radius 1 is 0.846 bits per heavy atom. The monoisotopic (exact) mass is 366 g/mol. The van der Waals surface area contributed by atoms with Crippen LogP contribution in [0.1, 0.15) is 104 Å². The fraction of sp³-hybridized carbons (Fsp3) is 0.870. The topological polar surface area (TPSA) is 46.3 Å². The fourth-order valence-electron chi connectivity index (χ4n) is 3.79. The van der Waals surface area contributed by atoms with Gasteiger partial charge in [-0.05, 0) is 52.6 Å². The summed E-state index contributed by atoms with van der Waals surface area (Å²) in [7, 11) is 4.09. The number of unbranched alkanes of at least 4 members (excludes halogenated alkanes) is 10. The number of allylic oxidation sites excluding steroid dienone is 2. The van der Waals surface area contributed by atoms with Gasteiger partial charge in [-0.25, -0.2) is 0 Å². The van der Waals surface area contributed by atoms with Crippen LogP contribution in [0.3, 0.4) is 0 Å². The van der Waals surface area contributed by atoms with Crippen LogP contribution in [0.25, 0.3) is 0 Å². The maximum absolute atomic E-state index is 11.8. The summed E-state index contributed by atoms with van der Waals surface area (Å²) in [6, 6.07) is 0.275. The average Bonchev–Trinajstić information content (AvgIpc) is 2.60. The molecule has 3 nitrogen and oxygen atoms in total. The van der Waals surface area contributed by atoms with Gasteiger partial charge in [0.15, 0.2) is 0 Å². The molecule has 0 rings (SSSR count). The fourth-order valence-corrected chi connectivity index (χ4v) is 3.79. The minimum atomic E-state index is -0.136. The minimum absolute atomic E-state index is 0.00720. The van der Waals surface area contributed by atoms with Crippen molar-refractivity contribution >= 4 is 5.91 Å². The molecule has 26 heavy (non-hydrogen) atoms. The molecule has 0 aromatic heterocycles. The van der Waals surface area contributed by atoms with Gasteiger partial charge in [0.25, 0.3) is 0 Å². The second kappa shape index (κ2) is 17.6. The molecule has 0 fully saturated rings. The Kier molecular flexibility index (Phi) is 17.0. The molecule has 0 saturated carbocycles. The molecule has 0 aliphatic rings. The highest BCUT2D eigenvalue weighted by molar-refractivity contribution is 5.77. The van der Waals surface area contributed by atoms with E-state index < -0.39 is 0 Å². The summed E-state index contributed by atoms with van der Waals surface area (Å²) < 4.78 is 0. The third kappa shape index (κ3) is 13.4. The summed E-state index contributed by atoms with van der Waals surface area (Å²) in [5.41, 5.74) is 5.63. The summed E-state index contributed by atoms with van der Waals surface area (Å²) in [6.07, 6.45) is 22.2. The maximum Gasteiger partial charge on any atom is 0.222 e.